The largest absolute Gasteiger partial charge is 0.464 e. The van der Waals surface area contributed by atoms with Gasteiger partial charge in [0.1, 0.15) is 10.7 Å². The molecule has 0 atom stereocenters. The van der Waals surface area contributed by atoms with Gasteiger partial charge in [0.15, 0.2) is 5.69 Å². The number of esters is 1. The van der Waals surface area contributed by atoms with Crippen molar-refractivity contribution in [2.24, 2.45) is 5.73 Å². The highest BCUT2D eigenvalue weighted by molar-refractivity contribution is 7.14. The molecule has 0 unspecified atom stereocenters. The van der Waals surface area contributed by atoms with Crippen LogP contribution < -0.4 is 5.73 Å². The van der Waals surface area contributed by atoms with Crippen LogP contribution in [0.5, 0.6) is 0 Å². The van der Waals surface area contributed by atoms with Crippen LogP contribution in [0, 0.1) is 0 Å². The molecule has 0 saturated heterocycles. The number of aromatic nitrogens is 2. The molecule has 0 fully saturated rings. The minimum absolute atomic E-state index is 0.320. The van der Waals surface area contributed by atoms with Crippen molar-refractivity contribution in [3.63, 3.8) is 0 Å². The van der Waals surface area contributed by atoms with Crippen LogP contribution in [0.2, 0.25) is 0 Å². The summed E-state index contributed by atoms with van der Waals surface area (Å²) in [5, 5.41) is 5.30. The monoisotopic (exact) mass is 269 g/mol. The third kappa shape index (κ3) is 2.68. The van der Waals surface area contributed by atoms with Crippen LogP contribution in [0.3, 0.4) is 0 Å². The van der Waals surface area contributed by atoms with Gasteiger partial charge in [0.2, 0.25) is 0 Å². The SMILES string of the molecule is COC(=O)c1csc(-c2csc(CCN)n2)n1. The molecule has 5 nitrogen and oxygen atoms in total. The normalized spacial score (nSPS) is 10.5. The molecule has 0 amide bonds. The highest BCUT2D eigenvalue weighted by Gasteiger charge is 2.13. The smallest absolute Gasteiger partial charge is 0.357 e. The van der Waals surface area contributed by atoms with E-state index in [1.54, 1.807) is 16.7 Å². The van der Waals surface area contributed by atoms with Crippen LogP contribution in [-0.2, 0) is 11.2 Å². The van der Waals surface area contributed by atoms with Gasteiger partial charge in [0, 0.05) is 17.2 Å². The van der Waals surface area contributed by atoms with Crippen LogP contribution in [0.25, 0.3) is 10.7 Å². The molecule has 2 aromatic rings. The summed E-state index contributed by atoms with van der Waals surface area (Å²) in [6, 6.07) is 0. The van der Waals surface area contributed by atoms with Crippen molar-refractivity contribution >= 4 is 28.6 Å². The number of nitrogens with zero attached hydrogens (tertiary/aromatic N) is 2. The van der Waals surface area contributed by atoms with Crippen molar-refractivity contribution in [1.82, 2.24) is 9.97 Å². The molecular weight excluding hydrogens is 258 g/mol. The molecule has 7 heteroatoms. The average molecular weight is 269 g/mol. The standard InChI is InChI=1S/C10H11N3O2S2/c1-15-10(14)7-5-17-9(13-7)6-4-16-8(12-6)2-3-11/h4-5H,2-3,11H2,1H3. The van der Waals surface area contributed by atoms with E-state index < -0.39 is 5.97 Å². The lowest BCUT2D eigenvalue weighted by Crippen LogP contribution is -2.02. The molecule has 2 rings (SSSR count). The average Bonchev–Trinajstić information content (AvgIpc) is 2.96. The highest BCUT2D eigenvalue weighted by Crippen LogP contribution is 2.25. The molecule has 2 aromatic heterocycles. The summed E-state index contributed by atoms with van der Waals surface area (Å²) in [6.07, 6.45) is 0.764. The maximum atomic E-state index is 11.3. The minimum atomic E-state index is -0.426. The van der Waals surface area contributed by atoms with Gasteiger partial charge in [-0.25, -0.2) is 14.8 Å². The predicted molar refractivity (Wildman–Crippen MR) is 67.3 cm³/mol. The van der Waals surface area contributed by atoms with Crippen molar-refractivity contribution in [1.29, 1.82) is 0 Å². The quantitative estimate of drug-likeness (QED) is 0.852. The number of hydrogen-bond donors (Lipinski definition) is 1. The third-order valence-electron chi connectivity index (χ3n) is 2.03. The first-order valence-electron chi connectivity index (χ1n) is 4.93. The van der Waals surface area contributed by atoms with Gasteiger partial charge in [0.25, 0.3) is 0 Å². The van der Waals surface area contributed by atoms with Crippen molar-refractivity contribution < 1.29 is 9.53 Å². The zero-order valence-corrected chi connectivity index (χ0v) is 10.8. The van der Waals surface area contributed by atoms with Crippen molar-refractivity contribution in [3.05, 3.63) is 21.5 Å². The molecule has 90 valence electrons. The Balaban J connectivity index is 2.21. The van der Waals surface area contributed by atoms with Gasteiger partial charge < -0.3 is 10.5 Å². The van der Waals surface area contributed by atoms with Gasteiger partial charge in [-0.1, -0.05) is 0 Å². The van der Waals surface area contributed by atoms with Gasteiger partial charge in [-0.3, -0.25) is 0 Å². The number of hydrogen-bond acceptors (Lipinski definition) is 7. The Morgan fingerprint density at radius 3 is 2.94 bits per heavy atom. The van der Waals surface area contributed by atoms with E-state index in [4.69, 9.17) is 5.73 Å². The summed E-state index contributed by atoms with van der Waals surface area (Å²) in [4.78, 5) is 19.8. The van der Waals surface area contributed by atoms with Crippen LogP contribution >= 0.6 is 22.7 Å². The maximum Gasteiger partial charge on any atom is 0.357 e. The Labute approximate surface area is 106 Å². The zero-order valence-electron chi connectivity index (χ0n) is 9.17. The first-order chi connectivity index (χ1) is 8.24. The second-order valence-electron chi connectivity index (χ2n) is 3.19. The first kappa shape index (κ1) is 12.2. The number of rotatable bonds is 4. The second kappa shape index (κ2) is 5.35. The van der Waals surface area contributed by atoms with Gasteiger partial charge in [-0.15, -0.1) is 22.7 Å². The number of nitrogens with two attached hydrogens (primary N) is 1. The summed E-state index contributed by atoms with van der Waals surface area (Å²) in [5.74, 6) is -0.426. The number of ether oxygens (including phenoxy) is 1. The van der Waals surface area contributed by atoms with Crippen molar-refractivity contribution in [2.45, 2.75) is 6.42 Å². The Bertz CT molecular complexity index is 521. The highest BCUT2D eigenvalue weighted by atomic mass is 32.1. The van der Waals surface area contributed by atoms with Crippen molar-refractivity contribution in [3.8, 4) is 10.7 Å². The molecule has 0 bridgehead atoms. The number of carbonyl (C=O) groups excluding carboxylic acids is 1. The van der Waals surface area contributed by atoms with E-state index in [1.807, 2.05) is 5.38 Å². The molecule has 0 aromatic carbocycles. The van der Waals surface area contributed by atoms with Gasteiger partial charge in [0.05, 0.1) is 12.1 Å². The fourth-order valence-corrected chi connectivity index (χ4v) is 2.86. The second-order valence-corrected chi connectivity index (χ2v) is 5.00. The molecule has 0 saturated carbocycles. The number of carbonyl (C=O) groups is 1. The lowest BCUT2D eigenvalue weighted by Gasteiger charge is -1.91. The van der Waals surface area contributed by atoms with E-state index in [0.29, 0.717) is 12.2 Å². The third-order valence-corrected chi connectivity index (χ3v) is 3.80. The summed E-state index contributed by atoms with van der Waals surface area (Å²) in [7, 11) is 1.34. The van der Waals surface area contributed by atoms with Crippen LogP contribution in [0.1, 0.15) is 15.5 Å². The van der Waals surface area contributed by atoms with Crippen LogP contribution in [0.15, 0.2) is 10.8 Å². The first-order valence-corrected chi connectivity index (χ1v) is 6.69. The van der Waals surface area contributed by atoms with E-state index in [2.05, 4.69) is 14.7 Å². The predicted octanol–water partition coefficient (Wildman–Crippen LogP) is 1.55. The molecule has 0 aliphatic heterocycles. The molecule has 0 radical (unpaired) electrons. The Morgan fingerprint density at radius 2 is 2.24 bits per heavy atom. The minimum Gasteiger partial charge on any atom is -0.464 e. The fraction of sp³-hybridized carbons (Fsp3) is 0.300. The van der Waals surface area contributed by atoms with E-state index >= 15 is 0 Å². The summed E-state index contributed by atoms with van der Waals surface area (Å²) in [6.45, 7) is 0.582. The molecule has 0 aliphatic carbocycles. The van der Waals surface area contributed by atoms with Gasteiger partial charge in [-0.2, -0.15) is 0 Å². The van der Waals surface area contributed by atoms with E-state index in [1.165, 1.54) is 18.4 Å². The number of thiazole rings is 2. The van der Waals surface area contributed by atoms with Gasteiger partial charge in [-0.05, 0) is 6.54 Å². The lowest BCUT2D eigenvalue weighted by molar-refractivity contribution is 0.0595. The Hall–Kier alpha value is -1.31. The lowest BCUT2D eigenvalue weighted by atomic mass is 10.4. The molecule has 17 heavy (non-hydrogen) atoms. The summed E-state index contributed by atoms with van der Waals surface area (Å²) >= 11 is 2.93. The molecule has 0 spiro atoms. The Kier molecular flexibility index (Phi) is 3.82. The number of methoxy groups -OCH3 is 1. The molecule has 0 aliphatic rings. The van der Waals surface area contributed by atoms with Crippen LogP contribution in [-0.4, -0.2) is 29.6 Å². The van der Waals surface area contributed by atoms with E-state index in [0.717, 1.165) is 22.1 Å². The molecule has 2 heterocycles. The topological polar surface area (TPSA) is 78.1 Å². The fourth-order valence-electron chi connectivity index (χ4n) is 1.24. The Morgan fingerprint density at radius 1 is 1.41 bits per heavy atom. The summed E-state index contributed by atoms with van der Waals surface area (Å²) < 4.78 is 4.60. The summed E-state index contributed by atoms with van der Waals surface area (Å²) in [5.41, 5.74) is 6.57. The maximum absolute atomic E-state index is 11.3. The van der Waals surface area contributed by atoms with Crippen LogP contribution in [0.4, 0.5) is 0 Å². The van der Waals surface area contributed by atoms with E-state index in [-0.39, 0.29) is 0 Å². The van der Waals surface area contributed by atoms with E-state index in [9.17, 15) is 4.79 Å². The van der Waals surface area contributed by atoms with Crippen molar-refractivity contribution in [2.75, 3.05) is 13.7 Å². The van der Waals surface area contributed by atoms with Gasteiger partial charge >= 0.3 is 5.97 Å². The molecule has 2 N–H and O–H groups in total. The zero-order chi connectivity index (χ0) is 12.3. The molecular formula is C10H11N3O2S2.